The first-order valence-electron chi connectivity index (χ1n) is 18.3. The molecule has 61 heavy (non-hydrogen) atoms. The van der Waals surface area contributed by atoms with E-state index in [0.29, 0.717) is 37.0 Å². The molecule has 6 aromatic rings. The maximum absolute atomic E-state index is 15.6. The molecule has 3 aliphatic rings. The molecule has 9 rings (SSSR count). The molecule has 4 N–H and O–H groups in total. The number of aromatic nitrogens is 6. The average Bonchev–Trinajstić information content (AvgIpc) is 3.80. The highest BCUT2D eigenvalue weighted by Gasteiger charge is 2.62. The van der Waals surface area contributed by atoms with E-state index in [1.165, 1.54) is 16.0 Å². The van der Waals surface area contributed by atoms with Gasteiger partial charge in [-0.3, -0.25) is 23.7 Å². The molecule has 0 spiro atoms. The molecule has 4 aromatic heterocycles. The molecule has 5 heterocycles. The van der Waals surface area contributed by atoms with Gasteiger partial charge in [0.1, 0.15) is 29.8 Å². The van der Waals surface area contributed by atoms with Gasteiger partial charge in [0, 0.05) is 48.3 Å². The van der Waals surface area contributed by atoms with E-state index in [0.717, 1.165) is 18.4 Å². The van der Waals surface area contributed by atoms with Crippen molar-refractivity contribution in [3.05, 3.63) is 82.3 Å². The highest BCUT2D eigenvalue weighted by molar-refractivity contribution is 7.92. The fourth-order valence-corrected chi connectivity index (χ4v) is 9.51. The summed E-state index contributed by atoms with van der Waals surface area (Å²) in [4.78, 5) is 37.1. The SMILES string of the molecule is Cn1nc(NS(C)(=O)=O)c2cccc(-c3cc4sc(N5CC(C(N)=O)C5)nc4nc3[C@H](Cc3cc(F)cc(F)c3)NC(=O)Cn3nc(C(F)(F)F)c4c3C(F)(F)[C@@H]3C#C[C@H]43)c21. The van der Waals surface area contributed by atoms with Gasteiger partial charge in [-0.25, -0.2) is 22.2 Å². The Morgan fingerprint density at radius 3 is 2.41 bits per heavy atom. The van der Waals surface area contributed by atoms with Crippen molar-refractivity contribution in [2.24, 2.45) is 24.6 Å². The van der Waals surface area contributed by atoms with Crippen LogP contribution in [0.3, 0.4) is 0 Å². The van der Waals surface area contributed by atoms with E-state index >= 15 is 8.78 Å². The van der Waals surface area contributed by atoms with Gasteiger partial charge in [0.05, 0.1) is 40.0 Å². The largest absolute Gasteiger partial charge is 0.435 e. The number of halogens is 7. The summed E-state index contributed by atoms with van der Waals surface area (Å²) in [5.74, 6) is -6.41. The predicted octanol–water partition coefficient (Wildman–Crippen LogP) is 4.95. The van der Waals surface area contributed by atoms with Gasteiger partial charge in [-0.1, -0.05) is 35.3 Å². The van der Waals surface area contributed by atoms with Crippen LogP contribution in [0, 0.1) is 35.3 Å². The van der Waals surface area contributed by atoms with Crippen LogP contribution in [0.5, 0.6) is 0 Å². The van der Waals surface area contributed by atoms with Gasteiger partial charge in [0.25, 0.3) is 0 Å². The molecule has 14 nitrogen and oxygen atoms in total. The van der Waals surface area contributed by atoms with E-state index in [2.05, 4.69) is 37.1 Å². The quantitative estimate of drug-likeness (QED) is 0.120. The molecule has 1 saturated heterocycles. The lowest BCUT2D eigenvalue weighted by molar-refractivity contribution is -0.142. The third-order valence-corrected chi connectivity index (χ3v) is 12.3. The second kappa shape index (κ2) is 13.9. The number of nitrogens with two attached hydrogens (primary N) is 1. The number of fused-ring (bicyclic) bond motifs is 5. The number of pyridine rings is 1. The summed E-state index contributed by atoms with van der Waals surface area (Å²) in [6.45, 7) is -0.570. The summed E-state index contributed by atoms with van der Waals surface area (Å²) in [7, 11) is -2.26. The second-order valence-electron chi connectivity index (χ2n) is 15.0. The molecule has 2 amide bonds. The Hall–Kier alpha value is -6.28. The lowest BCUT2D eigenvalue weighted by atomic mass is 9.84. The maximum Gasteiger partial charge on any atom is 0.435 e. The Balaban J connectivity index is 1.19. The van der Waals surface area contributed by atoms with E-state index in [9.17, 15) is 40.0 Å². The van der Waals surface area contributed by atoms with Gasteiger partial charge in [-0.05, 0) is 36.2 Å². The first-order valence-corrected chi connectivity index (χ1v) is 21.0. The van der Waals surface area contributed by atoms with Crippen molar-refractivity contribution in [1.29, 1.82) is 0 Å². The van der Waals surface area contributed by atoms with Gasteiger partial charge in [0.2, 0.25) is 21.8 Å². The molecule has 0 saturated carbocycles. The Morgan fingerprint density at radius 2 is 1.77 bits per heavy atom. The van der Waals surface area contributed by atoms with Crippen LogP contribution < -0.4 is 20.7 Å². The first-order chi connectivity index (χ1) is 28.7. The van der Waals surface area contributed by atoms with Crippen molar-refractivity contribution in [2.45, 2.75) is 37.0 Å². The standard InChI is InChI=1S/C38H29F7N10O4S2/c1-53-30-20(4-3-5-22(30)34(51-53)52-61(2,58)59)23-12-26-35(49-36(60-26)54-13-17(14-54)33(46)57)48-29(23)25(10-16-8-18(39)11-19(40)9-16)47-27(56)15-55-32-28(31(50-55)38(43,44)45)21-6-7-24(21)37(32,41)42/h3-5,8-9,11-12,17,21,24-25H,10,13-15H2,1-2H3,(H2,46,57)(H,47,56)(H,51,52)/t21-,24+,25-/m0/s1. The fourth-order valence-electron chi connectivity index (χ4n) is 8.04. The van der Waals surface area contributed by atoms with Crippen molar-refractivity contribution >= 4 is 65.4 Å². The zero-order chi connectivity index (χ0) is 43.5. The third-order valence-electron chi connectivity index (χ3n) is 10.7. The minimum absolute atomic E-state index is 0.00524. The van der Waals surface area contributed by atoms with Gasteiger partial charge >= 0.3 is 12.1 Å². The topological polar surface area (TPSA) is 183 Å². The highest BCUT2D eigenvalue weighted by Crippen LogP contribution is 2.58. The monoisotopic (exact) mass is 886 g/mol. The van der Waals surface area contributed by atoms with Crippen molar-refractivity contribution in [2.75, 3.05) is 29.0 Å². The minimum Gasteiger partial charge on any atom is -0.369 e. The molecule has 3 atom stereocenters. The van der Waals surface area contributed by atoms with E-state index in [4.69, 9.17) is 10.7 Å². The third kappa shape index (κ3) is 6.96. The molecule has 0 unspecified atom stereocenters. The Kier molecular flexibility index (Phi) is 9.13. The van der Waals surface area contributed by atoms with Crippen LogP contribution in [0.2, 0.25) is 0 Å². The van der Waals surface area contributed by atoms with Gasteiger partial charge < -0.3 is 16.0 Å². The van der Waals surface area contributed by atoms with Crippen molar-refractivity contribution in [1.82, 2.24) is 34.8 Å². The number of carbonyl (C=O) groups excluding carboxylic acids is 2. The zero-order valence-corrected chi connectivity index (χ0v) is 33.1. The van der Waals surface area contributed by atoms with Crippen LogP contribution in [0.1, 0.15) is 40.2 Å². The van der Waals surface area contributed by atoms with Crippen LogP contribution in [0.15, 0.2) is 42.5 Å². The van der Waals surface area contributed by atoms with Gasteiger partial charge in [-0.15, -0.1) is 0 Å². The Labute approximate surface area is 344 Å². The van der Waals surface area contributed by atoms with E-state index in [-0.39, 0.29) is 41.4 Å². The lowest BCUT2D eigenvalue weighted by Gasteiger charge is -2.36. The number of amides is 2. The average molecular weight is 887 g/mol. The van der Waals surface area contributed by atoms with Crippen molar-refractivity contribution in [3.8, 4) is 23.0 Å². The normalized spacial score (nSPS) is 18.5. The number of carbonyl (C=O) groups is 2. The van der Waals surface area contributed by atoms with E-state index < -0.39 is 99.3 Å². The number of nitrogens with zero attached hydrogens (tertiary/aromatic N) is 7. The zero-order valence-electron chi connectivity index (χ0n) is 31.5. The predicted molar refractivity (Wildman–Crippen MR) is 207 cm³/mol. The number of hydrogen-bond donors (Lipinski definition) is 3. The summed E-state index contributed by atoms with van der Waals surface area (Å²) in [6.07, 6.45) is -4.60. The summed E-state index contributed by atoms with van der Waals surface area (Å²) in [6, 6.07) is 7.77. The second-order valence-corrected chi connectivity index (χ2v) is 17.8. The van der Waals surface area contributed by atoms with Crippen LogP contribution in [0.25, 0.3) is 32.4 Å². The van der Waals surface area contributed by atoms with Crippen molar-refractivity contribution in [3.63, 3.8) is 0 Å². The number of alkyl halides is 5. The number of primary amides is 1. The Bertz CT molecular complexity index is 3020. The number of thiazole rings is 1. The van der Waals surface area contributed by atoms with E-state index in [1.54, 1.807) is 36.2 Å². The molecule has 1 fully saturated rings. The molecule has 316 valence electrons. The lowest BCUT2D eigenvalue weighted by Crippen LogP contribution is -2.52. The van der Waals surface area contributed by atoms with E-state index in [1.807, 2.05) is 0 Å². The van der Waals surface area contributed by atoms with Gasteiger partial charge in [0.15, 0.2) is 22.3 Å². The number of hydrogen-bond acceptors (Lipinski definition) is 10. The number of benzene rings is 2. The number of rotatable bonds is 11. The van der Waals surface area contributed by atoms with Crippen molar-refractivity contribution < 1.29 is 48.7 Å². The molecular formula is C38H29F7N10O4S2. The van der Waals surface area contributed by atoms with Crippen LogP contribution in [-0.2, 0) is 51.7 Å². The van der Waals surface area contributed by atoms with Crippen LogP contribution in [-0.4, -0.2) is 69.1 Å². The number of sulfonamides is 1. The maximum atomic E-state index is 15.6. The van der Waals surface area contributed by atoms with Crippen LogP contribution in [0.4, 0.5) is 41.7 Å². The number of nitrogens with one attached hydrogen (secondary N) is 2. The number of aryl methyl sites for hydroxylation is 1. The summed E-state index contributed by atoms with van der Waals surface area (Å²) >= 11 is 1.21. The summed E-state index contributed by atoms with van der Waals surface area (Å²) < 4.78 is 132. The number of para-hydroxylation sites is 1. The smallest absolute Gasteiger partial charge is 0.369 e. The molecule has 1 aliphatic heterocycles. The minimum atomic E-state index is -5.15. The number of anilines is 2. The molecule has 2 aromatic carbocycles. The molecule has 2 aliphatic carbocycles. The fraction of sp³-hybridized carbons (Fsp3) is 0.316. The summed E-state index contributed by atoms with van der Waals surface area (Å²) in [5, 5.41) is 11.3. The molecule has 0 bridgehead atoms. The summed E-state index contributed by atoms with van der Waals surface area (Å²) in [5.41, 5.74) is 3.18. The van der Waals surface area contributed by atoms with Gasteiger partial charge in [-0.2, -0.15) is 37.1 Å². The molecule has 0 radical (unpaired) electrons. The Morgan fingerprint density at radius 1 is 1.05 bits per heavy atom. The molecule has 23 heteroatoms. The van der Waals surface area contributed by atoms with Crippen LogP contribution >= 0.6 is 11.3 Å². The highest BCUT2D eigenvalue weighted by atomic mass is 32.2. The molecular weight excluding hydrogens is 858 g/mol. The first kappa shape index (κ1) is 40.1.